The number of nitrogens with one attached hydrogen (secondary N) is 1. The number of hydrogen-bond acceptors (Lipinski definition) is 6. The Balaban J connectivity index is 2.47. The molecule has 0 amide bonds. The normalized spacial score (nSPS) is 11.4. The van der Waals surface area contributed by atoms with Crippen molar-refractivity contribution < 1.29 is 9.84 Å². The van der Waals surface area contributed by atoms with E-state index in [0.29, 0.717) is 6.61 Å². The first-order valence-electron chi connectivity index (χ1n) is 5.98. The van der Waals surface area contributed by atoms with E-state index in [1.54, 1.807) is 0 Å². The fourth-order valence-corrected chi connectivity index (χ4v) is 1.66. The molecule has 0 aromatic carbocycles. The van der Waals surface area contributed by atoms with Crippen molar-refractivity contribution in [3.8, 4) is 6.01 Å². The van der Waals surface area contributed by atoms with Gasteiger partial charge in [0.25, 0.3) is 0 Å². The minimum absolute atomic E-state index is 0.0902. The second-order valence-corrected chi connectivity index (χ2v) is 4.10. The van der Waals surface area contributed by atoms with Gasteiger partial charge in [-0.2, -0.15) is 9.97 Å². The Morgan fingerprint density at radius 3 is 2.89 bits per heavy atom. The Labute approximate surface area is 109 Å². The number of nitrogen functional groups attached to an aromatic ring is 1. The van der Waals surface area contributed by atoms with Crippen LogP contribution in [-0.2, 0) is 0 Å². The van der Waals surface area contributed by atoms with Crippen LogP contribution in [-0.4, -0.2) is 31.2 Å². The van der Waals surface area contributed by atoms with E-state index in [9.17, 15) is 9.90 Å². The summed E-state index contributed by atoms with van der Waals surface area (Å²) in [6.07, 6.45) is 1.65. The summed E-state index contributed by atoms with van der Waals surface area (Å²) < 4.78 is 6.37. The quantitative estimate of drug-likeness (QED) is 0.682. The van der Waals surface area contributed by atoms with Crippen molar-refractivity contribution in [2.75, 3.05) is 12.3 Å². The average Bonchev–Trinajstić information content (AvgIpc) is 2.66. The highest BCUT2D eigenvalue weighted by molar-refractivity contribution is 5.82. The maximum Gasteiger partial charge on any atom is 0.330 e. The molecular weight excluding hydrogens is 250 g/mol. The van der Waals surface area contributed by atoms with Gasteiger partial charge in [-0.3, -0.25) is 0 Å². The van der Waals surface area contributed by atoms with Crippen molar-refractivity contribution in [1.82, 2.24) is 19.5 Å². The van der Waals surface area contributed by atoms with Crippen LogP contribution in [0.5, 0.6) is 6.01 Å². The number of nitrogens with two attached hydrogens (primary N) is 1. The van der Waals surface area contributed by atoms with Gasteiger partial charge in [0, 0.05) is 0 Å². The zero-order valence-corrected chi connectivity index (χ0v) is 10.8. The molecule has 8 heteroatoms. The van der Waals surface area contributed by atoms with E-state index in [0.717, 1.165) is 17.4 Å². The zero-order chi connectivity index (χ0) is 14.0. The number of H-pyrrole nitrogens is 1. The zero-order valence-electron chi connectivity index (χ0n) is 10.8. The predicted molar refractivity (Wildman–Crippen MR) is 69.2 cm³/mol. The minimum Gasteiger partial charge on any atom is -0.463 e. The van der Waals surface area contributed by atoms with Gasteiger partial charge in [-0.1, -0.05) is 13.3 Å². The number of unbranched alkanes of at least 4 members (excludes halogenated alkanes) is 1. The number of aliphatic hydroxyl groups is 1. The maximum absolute atomic E-state index is 11.7. The van der Waals surface area contributed by atoms with Crippen LogP contribution in [0.2, 0.25) is 0 Å². The van der Waals surface area contributed by atoms with Gasteiger partial charge in [-0.25, -0.2) is 9.36 Å². The van der Waals surface area contributed by atoms with Gasteiger partial charge in [-0.15, -0.1) is 0 Å². The van der Waals surface area contributed by atoms with Gasteiger partial charge in [0.05, 0.1) is 6.61 Å². The van der Waals surface area contributed by atoms with Crippen LogP contribution < -0.4 is 16.2 Å². The molecule has 0 spiro atoms. The van der Waals surface area contributed by atoms with E-state index in [2.05, 4.69) is 15.0 Å². The standard InChI is InChI=1S/C11H16N5O3/c1-3-4-5-19-10-14-8(12)7-9(15-10)16(6(2)17)11(18)13-7/h17H,3-5H2,1-2H3,(H,13,18)(H2,12,14,15). The van der Waals surface area contributed by atoms with Crippen molar-refractivity contribution in [3.05, 3.63) is 16.7 Å². The number of aliphatic hydroxyl groups excluding tert-OH is 1. The third-order valence-corrected chi connectivity index (χ3v) is 2.60. The summed E-state index contributed by atoms with van der Waals surface area (Å²) in [5, 5.41) is 9.50. The van der Waals surface area contributed by atoms with E-state index in [1.807, 2.05) is 6.92 Å². The highest BCUT2D eigenvalue weighted by Crippen LogP contribution is 2.19. The van der Waals surface area contributed by atoms with Gasteiger partial charge in [0.15, 0.2) is 17.7 Å². The molecule has 2 aromatic heterocycles. The van der Waals surface area contributed by atoms with Gasteiger partial charge < -0.3 is 20.6 Å². The predicted octanol–water partition coefficient (Wildman–Crippen LogP) is 0.611. The number of hydrogen-bond donors (Lipinski definition) is 3. The lowest BCUT2D eigenvalue weighted by molar-refractivity contribution is 0.275. The van der Waals surface area contributed by atoms with Crippen LogP contribution in [0.15, 0.2) is 4.79 Å². The fraction of sp³-hybridized carbons (Fsp3) is 0.455. The molecule has 2 rings (SSSR count). The summed E-state index contributed by atoms with van der Waals surface area (Å²) in [5.74, 6) is 0.105. The Morgan fingerprint density at radius 2 is 2.26 bits per heavy atom. The van der Waals surface area contributed by atoms with Crippen molar-refractivity contribution in [2.45, 2.75) is 26.7 Å². The van der Waals surface area contributed by atoms with Crippen LogP contribution in [0.4, 0.5) is 5.82 Å². The third-order valence-electron chi connectivity index (χ3n) is 2.60. The summed E-state index contributed by atoms with van der Waals surface area (Å²) in [6.45, 7) is 3.89. The minimum atomic E-state index is -0.526. The van der Waals surface area contributed by atoms with Gasteiger partial charge >= 0.3 is 11.7 Å². The van der Waals surface area contributed by atoms with Crippen molar-refractivity contribution in [3.63, 3.8) is 0 Å². The summed E-state index contributed by atoms with van der Waals surface area (Å²) in [6, 6.07) is 0.0902. The first kappa shape index (κ1) is 13.3. The second-order valence-electron chi connectivity index (χ2n) is 4.10. The van der Waals surface area contributed by atoms with Crippen LogP contribution in [0, 0.1) is 6.23 Å². The van der Waals surface area contributed by atoms with Crippen LogP contribution >= 0.6 is 0 Å². The van der Waals surface area contributed by atoms with Crippen molar-refractivity contribution in [2.24, 2.45) is 0 Å². The first-order chi connectivity index (χ1) is 9.04. The molecule has 0 bridgehead atoms. The molecule has 0 unspecified atom stereocenters. The smallest absolute Gasteiger partial charge is 0.330 e. The lowest BCUT2D eigenvalue weighted by Gasteiger charge is -2.07. The second kappa shape index (κ2) is 5.27. The molecule has 103 valence electrons. The average molecular weight is 266 g/mol. The van der Waals surface area contributed by atoms with Crippen LogP contribution in [0.3, 0.4) is 0 Å². The first-order valence-corrected chi connectivity index (χ1v) is 5.98. The third kappa shape index (κ3) is 2.53. The van der Waals surface area contributed by atoms with E-state index in [-0.39, 0.29) is 29.2 Å². The SMILES string of the molecule is CCCCOc1nc(N)c2[nH]c(=O)n([C](C)O)c2n1. The Hall–Kier alpha value is -2.09. The number of nitrogens with zero attached hydrogens (tertiary/aromatic N) is 3. The van der Waals surface area contributed by atoms with E-state index < -0.39 is 5.69 Å². The van der Waals surface area contributed by atoms with Gasteiger partial charge in [0.1, 0.15) is 5.52 Å². The van der Waals surface area contributed by atoms with E-state index in [1.165, 1.54) is 6.92 Å². The number of anilines is 1. The number of aromatic amines is 1. The van der Waals surface area contributed by atoms with Crippen LogP contribution in [0.25, 0.3) is 11.2 Å². The lowest BCUT2D eigenvalue weighted by atomic mass is 10.4. The number of rotatable bonds is 5. The molecule has 0 saturated carbocycles. The highest BCUT2D eigenvalue weighted by Gasteiger charge is 2.17. The van der Waals surface area contributed by atoms with Crippen molar-refractivity contribution >= 4 is 17.0 Å². The molecule has 2 heterocycles. The topological polar surface area (TPSA) is 119 Å². The molecule has 0 aliphatic carbocycles. The van der Waals surface area contributed by atoms with E-state index >= 15 is 0 Å². The molecule has 0 aliphatic rings. The molecular formula is C11H16N5O3. The number of aromatic nitrogens is 4. The molecule has 0 aliphatic heterocycles. The highest BCUT2D eigenvalue weighted by atomic mass is 16.5. The number of ether oxygens (including phenoxy) is 1. The summed E-state index contributed by atoms with van der Waals surface area (Å²) >= 11 is 0. The summed E-state index contributed by atoms with van der Waals surface area (Å²) in [4.78, 5) is 22.2. The summed E-state index contributed by atoms with van der Waals surface area (Å²) in [5.41, 5.74) is 5.69. The molecule has 8 nitrogen and oxygen atoms in total. The molecule has 1 radical (unpaired) electrons. The van der Waals surface area contributed by atoms with Gasteiger partial charge in [0.2, 0.25) is 0 Å². The molecule has 0 atom stereocenters. The summed E-state index contributed by atoms with van der Waals surface area (Å²) in [7, 11) is 0. The van der Waals surface area contributed by atoms with Crippen LogP contribution in [0.1, 0.15) is 26.7 Å². The Bertz CT molecular complexity index is 631. The Morgan fingerprint density at radius 1 is 1.53 bits per heavy atom. The largest absolute Gasteiger partial charge is 0.463 e. The van der Waals surface area contributed by atoms with Crippen molar-refractivity contribution in [1.29, 1.82) is 0 Å². The molecule has 0 fully saturated rings. The molecule has 0 saturated heterocycles. The maximum atomic E-state index is 11.7. The Kier molecular flexibility index (Phi) is 3.70. The van der Waals surface area contributed by atoms with Gasteiger partial charge in [-0.05, 0) is 13.3 Å². The number of fused-ring (bicyclic) bond motifs is 1. The molecule has 4 N–H and O–H groups in total. The number of imidazole rings is 1. The molecule has 2 aromatic rings. The lowest BCUT2D eigenvalue weighted by Crippen LogP contribution is -2.21. The fourth-order valence-electron chi connectivity index (χ4n) is 1.66. The molecule has 19 heavy (non-hydrogen) atoms. The van der Waals surface area contributed by atoms with E-state index in [4.69, 9.17) is 10.5 Å². The monoisotopic (exact) mass is 266 g/mol.